The van der Waals surface area contributed by atoms with E-state index >= 15 is 0 Å². The Balaban J connectivity index is 2.54. The Morgan fingerprint density at radius 3 is 2.72 bits per heavy atom. The average Bonchev–Trinajstić information content (AvgIpc) is 2.74. The summed E-state index contributed by atoms with van der Waals surface area (Å²) in [7, 11) is 3.26. The molecule has 0 aliphatic rings. The largest absolute Gasteiger partial charge is 0.481 e. The van der Waals surface area contributed by atoms with Crippen LogP contribution in [-0.4, -0.2) is 35.4 Å². The van der Waals surface area contributed by atoms with E-state index in [1.807, 2.05) is 17.6 Å². The summed E-state index contributed by atoms with van der Waals surface area (Å²) in [6.45, 7) is 3.14. The first-order valence-corrected chi connectivity index (χ1v) is 6.15. The molecular weight excluding hydrogens is 254 g/mol. The molecule has 98 valence electrons. The second-order valence-corrected chi connectivity index (χ2v) is 4.58. The topological polar surface area (TPSA) is 49.2 Å². The maximum Gasteiger partial charge on any atom is 0.215 e. The number of methoxy groups -OCH3 is 2. The summed E-state index contributed by atoms with van der Waals surface area (Å²) in [5, 5.41) is -0.179. The van der Waals surface area contributed by atoms with Gasteiger partial charge in [0.2, 0.25) is 5.88 Å². The molecule has 0 fully saturated rings. The van der Waals surface area contributed by atoms with Gasteiger partial charge in [-0.3, -0.25) is 0 Å². The van der Waals surface area contributed by atoms with Crippen LogP contribution in [0.4, 0.5) is 0 Å². The Morgan fingerprint density at radius 2 is 2.11 bits per heavy atom. The van der Waals surface area contributed by atoms with Gasteiger partial charge in [-0.1, -0.05) is 0 Å². The van der Waals surface area contributed by atoms with E-state index in [4.69, 9.17) is 21.1 Å². The Hall–Kier alpha value is -1.33. The maximum absolute atomic E-state index is 6.15. The highest BCUT2D eigenvalue weighted by atomic mass is 35.5. The molecule has 2 aromatic heterocycles. The highest BCUT2D eigenvalue weighted by Gasteiger charge is 2.16. The van der Waals surface area contributed by atoms with Gasteiger partial charge in [-0.2, -0.15) is 4.98 Å². The predicted octanol–water partition coefficient (Wildman–Crippen LogP) is 2.39. The van der Waals surface area contributed by atoms with Gasteiger partial charge < -0.3 is 14.0 Å². The first-order chi connectivity index (χ1) is 8.67. The lowest BCUT2D eigenvalue weighted by atomic mass is 10.4. The molecule has 0 amide bonds. The van der Waals surface area contributed by atoms with Gasteiger partial charge >= 0.3 is 0 Å². The molecule has 0 N–H and O–H groups in total. The van der Waals surface area contributed by atoms with Crippen molar-refractivity contribution in [2.45, 2.75) is 18.8 Å². The van der Waals surface area contributed by atoms with Crippen molar-refractivity contribution < 1.29 is 9.47 Å². The number of ether oxygens (including phenoxy) is 2. The van der Waals surface area contributed by atoms with Gasteiger partial charge in [0.15, 0.2) is 5.65 Å². The van der Waals surface area contributed by atoms with Crippen molar-refractivity contribution in [3.8, 4) is 5.88 Å². The first-order valence-electron chi connectivity index (χ1n) is 5.71. The molecule has 0 saturated carbocycles. The van der Waals surface area contributed by atoms with Crippen LogP contribution in [0.2, 0.25) is 0 Å². The molecule has 5 nitrogen and oxygen atoms in total. The van der Waals surface area contributed by atoms with Crippen molar-refractivity contribution in [2.75, 3.05) is 20.8 Å². The van der Waals surface area contributed by atoms with Crippen LogP contribution in [0, 0.1) is 0 Å². The number of halogens is 1. The van der Waals surface area contributed by atoms with Crippen LogP contribution in [0.3, 0.4) is 0 Å². The summed E-state index contributed by atoms with van der Waals surface area (Å²) in [6.07, 6.45) is 0. The minimum atomic E-state index is -0.179. The van der Waals surface area contributed by atoms with E-state index in [-0.39, 0.29) is 5.38 Å². The van der Waals surface area contributed by atoms with Crippen LogP contribution in [-0.2, 0) is 11.3 Å². The summed E-state index contributed by atoms with van der Waals surface area (Å²) in [5.74, 6) is 1.36. The van der Waals surface area contributed by atoms with Crippen LogP contribution >= 0.6 is 11.6 Å². The zero-order valence-corrected chi connectivity index (χ0v) is 11.4. The van der Waals surface area contributed by atoms with Crippen LogP contribution in [0.25, 0.3) is 11.2 Å². The lowest BCUT2D eigenvalue weighted by Crippen LogP contribution is -2.09. The molecule has 2 rings (SSSR count). The minimum Gasteiger partial charge on any atom is -0.481 e. The highest BCUT2D eigenvalue weighted by molar-refractivity contribution is 6.20. The Labute approximate surface area is 111 Å². The number of alkyl halides is 1. The third-order valence-electron chi connectivity index (χ3n) is 2.68. The number of nitrogens with zero attached hydrogens (tertiary/aromatic N) is 3. The van der Waals surface area contributed by atoms with E-state index in [2.05, 4.69) is 9.97 Å². The number of hydrogen-bond acceptors (Lipinski definition) is 4. The number of aromatic nitrogens is 3. The maximum atomic E-state index is 6.15. The zero-order chi connectivity index (χ0) is 13.1. The fourth-order valence-corrected chi connectivity index (χ4v) is 1.99. The third kappa shape index (κ3) is 2.42. The Bertz CT molecular complexity index is 539. The van der Waals surface area contributed by atoms with E-state index in [1.165, 1.54) is 0 Å². The van der Waals surface area contributed by atoms with E-state index in [0.29, 0.717) is 19.0 Å². The molecule has 6 heteroatoms. The smallest absolute Gasteiger partial charge is 0.215 e. The van der Waals surface area contributed by atoms with Crippen molar-refractivity contribution in [3.05, 3.63) is 18.0 Å². The van der Waals surface area contributed by atoms with Crippen LogP contribution < -0.4 is 4.74 Å². The molecule has 0 spiro atoms. The molecule has 18 heavy (non-hydrogen) atoms. The standard InChI is InChI=1S/C12H16ClN3O2/c1-8(13)11-14-9-4-5-10(18-3)15-12(9)16(11)6-7-17-2/h4-5,8H,6-7H2,1-3H3. The van der Waals surface area contributed by atoms with Gasteiger partial charge in [-0.05, 0) is 13.0 Å². The molecule has 1 unspecified atom stereocenters. The van der Waals surface area contributed by atoms with Gasteiger partial charge in [-0.15, -0.1) is 11.6 Å². The Kier molecular flexibility index (Phi) is 4.04. The second kappa shape index (κ2) is 5.54. The van der Waals surface area contributed by atoms with E-state index < -0.39 is 0 Å². The molecule has 0 bridgehead atoms. The van der Waals surface area contributed by atoms with E-state index in [0.717, 1.165) is 17.0 Å². The summed E-state index contributed by atoms with van der Waals surface area (Å²) < 4.78 is 12.2. The molecule has 0 radical (unpaired) electrons. The summed E-state index contributed by atoms with van der Waals surface area (Å²) in [6, 6.07) is 3.67. The number of fused-ring (bicyclic) bond motifs is 1. The molecule has 2 aromatic rings. The van der Waals surface area contributed by atoms with E-state index in [1.54, 1.807) is 20.3 Å². The SMILES string of the molecule is COCCn1c(C(C)Cl)nc2ccc(OC)nc21. The van der Waals surface area contributed by atoms with Gasteiger partial charge in [0.05, 0.1) is 19.1 Å². The molecule has 0 aliphatic carbocycles. The molecule has 0 aliphatic heterocycles. The number of rotatable bonds is 5. The van der Waals surface area contributed by atoms with Crippen molar-refractivity contribution >= 4 is 22.8 Å². The zero-order valence-electron chi connectivity index (χ0n) is 10.7. The van der Waals surface area contributed by atoms with Crippen molar-refractivity contribution in [1.82, 2.24) is 14.5 Å². The van der Waals surface area contributed by atoms with Crippen LogP contribution in [0.1, 0.15) is 18.1 Å². The fraction of sp³-hybridized carbons (Fsp3) is 0.500. The summed E-state index contributed by atoms with van der Waals surface area (Å²) >= 11 is 6.15. The van der Waals surface area contributed by atoms with Crippen molar-refractivity contribution in [2.24, 2.45) is 0 Å². The normalized spacial score (nSPS) is 12.9. The first kappa shape index (κ1) is 13.1. The number of hydrogen-bond donors (Lipinski definition) is 0. The monoisotopic (exact) mass is 269 g/mol. The predicted molar refractivity (Wildman–Crippen MR) is 70.2 cm³/mol. The quantitative estimate of drug-likeness (QED) is 0.782. The van der Waals surface area contributed by atoms with Gasteiger partial charge in [0, 0.05) is 19.7 Å². The van der Waals surface area contributed by atoms with Crippen LogP contribution in [0.15, 0.2) is 12.1 Å². The lowest BCUT2D eigenvalue weighted by molar-refractivity contribution is 0.187. The molecule has 1 atom stereocenters. The molecule has 0 saturated heterocycles. The fourth-order valence-electron chi connectivity index (χ4n) is 1.82. The van der Waals surface area contributed by atoms with Crippen LogP contribution in [0.5, 0.6) is 5.88 Å². The second-order valence-electron chi connectivity index (χ2n) is 3.93. The number of pyridine rings is 1. The van der Waals surface area contributed by atoms with Crippen molar-refractivity contribution in [3.63, 3.8) is 0 Å². The summed E-state index contributed by atoms with van der Waals surface area (Å²) in [4.78, 5) is 8.91. The molecule has 0 aromatic carbocycles. The summed E-state index contributed by atoms with van der Waals surface area (Å²) in [5.41, 5.74) is 1.59. The van der Waals surface area contributed by atoms with Gasteiger partial charge in [0.25, 0.3) is 0 Å². The highest BCUT2D eigenvalue weighted by Crippen LogP contribution is 2.24. The lowest BCUT2D eigenvalue weighted by Gasteiger charge is -2.09. The molecule has 2 heterocycles. The number of imidazole rings is 1. The van der Waals surface area contributed by atoms with Gasteiger partial charge in [0.1, 0.15) is 11.3 Å². The van der Waals surface area contributed by atoms with Crippen molar-refractivity contribution in [1.29, 1.82) is 0 Å². The van der Waals surface area contributed by atoms with Gasteiger partial charge in [-0.25, -0.2) is 4.98 Å². The average molecular weight is 270 g/mol. The molecular formula is C12H16ClN3O2. The third-order valence-corrected chi connectivity index (χ3v) is 2.88. The Morgan fingerprint density at radius 1 is 1.33 bits per heavy atom. The minimum absolute atomic E-state index is 0.179. The van der Waals surface area contributed by atoms with E-state index in [9.17, 15) is 0 Å².